The lowest BCUT2D eigenvalue weighted by atomic mass is 10.0. The van der Waals surface area contributed by atoms with Crippen LogP contribution in [0.2, 0.25) is 5.02 Å². The summed E-state index contributed by atoms with van der Waals surface area (Å²) in [7, 11) is 0. The van der Waals surface area contributed by atoms with Gasteiger partial charge in [-0.3, -0.25) is 9.59 Å². The molecule has 0 saturated carbocycles. The molecule has 1 saturated heterocycles. The molecular weight excluding hydrogens is 392 g/mol. The Bertz CT molecular complexity index is 965. The van der Waals surface area contributed by atoms with Crippen LogP contribution in [0.5, 0.6) is 5.75 Å². The lowest BCUT2D eigenvalue weighted by Gasteiger charge is -2.29. The monoisotopic (exact) mass is 412 g/mol. The molecule has 4 rings (SSSR count). The van der Waals surface area contributed by atoms with E-state index in [0.29, 0.717) is 66.2 Å². The van der Waals surface area contributed by atoms with Gasteiger partial charge in [0.15, 0.2) is 0 Å². The van der Waals surface area contributed by atoms with Crippen molar-refractivity contribution in [1.29, 1.82) is 0 Å². The van der Waals surface area contributed by atoms with Crippen molar-refractivity contribution in [2.75, 3.05) is 37.8 Å². The van der Waals surface area contributed by atoms with Crippen LogP contribution in [0.1, 0.15) is 12.5 Å². The molecule has 2 aromatic rings. The van der Waals surface area contributed by atoms with E-state index in [0.717, 1.165) is 0 Å². The Hall–Kier alpha value is -2.83. The number of morpholine rings is 1. The van der Waals surface area contributed by atoms with Crippen LogP contribution < -0.4 is 9.64 Å². The molecule has 0 bridgehead atoms. The predicted octanol–water partition coefficient (Wildman–Crippen LogP) is 3.36. The van der Waals surface area contributed by atoms with Crippen LogP contribution in [0, 0.1) is 0 Å². The molecule has 1 fully saturated rings. The van der Waals surface area contributed by atoms with Crippen molar-refractivity contribution >= 4 is 34.7 Å². The molecule has 0 aromatic heterocycles. The Morgan fingerprint density at radius 3 is 2.38 bits per heavy atom. The number of halogens is 1. The molecule has 0 radical (unpaired) electrons. The van der Waals surface area contributed by atoms with Crippen molar-refractivity contribution in [2.45, 2.75) is 6.92 Å². The molecule has 0 N–H and O–H groups in total. The third-order valence-corrected chi connectivity index (χ3v) is 5.18. The second kappa shape index (κ2) is 8.27. The Kier molecular flexibility index (Phi) is 5.56. The topological polar surface area (TPSA) is 59.1 Å². The summed E-state index contributed by atoms with van der Waals surface area (Å²) in [5.41, 5.74) is 1.87. The van der Waals surface area contributed by atoms with Crippen molar-refractivity contribution in [2.24, 2.45) is 0 Å². The molecule has 0 atom stereocenters. The molecule has 6 nitrogen and oxygen atoms in total. The first-order chi connectivity index (χ1) is 14.1. The van der Waals surface area contributed by atoms with E-state index >= 15 is 0 Å². The van der Waals surface area contributed by atoms with Gasteiger partial charge < -0.3 is 14.4 Å². The number of carbonyl (C=O) groups excluding carboxylic acids is 2. The fourth-order valence-corrected chi connectivity index (χ4v) is 3.74. The average molecular weight is 413 g/mol. The van der Waals surface area contributed by atoms with E-state index in [1.165, 1.54) is 4.90 Å². The molecule has 29 heavy (non-hydrogen) atoms. The number of anilines is 1. The summed E-state index contributed by atoms with van der Waals surface area (Å²) < 4.78 is 11.1. The standard InChI is InChI=1S/C22H21ClN2O4/c1-2-29-18-6-4-3-5-17(18)25-21(26)19(15-7-9-16(23)10-8-15)20(22(25)27)24-11-13-28-14-12-24/h3-10H,2,11-14H2,1H3. The van der Waals surface area contributed by atoms with E-state index in [9.17, 15) is 9.59 Å². The van der Waals surface area contributed by atoms with Crippen LogP contribution in [0.4, 0.5) is 5.69 Å². The highest BCUT2D eigenvalue weighted by Crippen LogP contribution is 2.38. The van der Waals surface area contributed by atoms with Crippen molar-refractivity contribution in [3.63, 3.8) is 0 Å². The first kappa shape index (κ1) is 19.5. The summed E-state index contributed by atoms with van der Waals surface area (Å²) in [4.78, 5) is 30.2. The summed E-state index contributed by atoms with van der Waals surface area (Å²) in [5.74, 6) is -0.227. The number of carbonyl (C=O) groups is 2. The minimum atomic E-state index is -0.369. The minimum Gasteiger partial charge on any atom is -0.492 e. The van der Waals surface area contributed by atoms with Crippen molar-refractivity contribution in [1.82, 2.24) is 4.90 Å². The van der Waals surface area contributed by atoms with Crippen LogP contribution in [0.3, 0.4) is 0 Å². The molecule has 2 heterocycles. The number of ether oxygens (including phenoxy) is 2. The van der Waals surface area contributed by atoms with Crippen LogP contribution in [-0.4, -0.2) is 49.6 Å². The molecule has 150 valence electrons. The van der Waals surface area contributed by atoms with Crippen LogP contribution in [0.25, 0.3) is 5.57 Å². The van der Waals surface area contributed by atoms with Gasteiger partial charge in [-0.2, -0.15) is 0 Å². The molecule has 2 amide bonds. The highest BCUT2D eigenvalue weighted by Gasteiger charge is 2.43. The summed E-state index contributed by atoms with van der Waals surface area (Å²) in [5, 5.41) is 0.567. The number of rotatable bonds is 5. The van der Waals surface area contributed by atoms with Crippen LogP contribution in [-0.2, 0) is 14.3 Å². The van der Waals surface area contributed by atoms with E-state index in [-0.39, 0.29) is 11.8 Å². The molecule has 0 unspecified atom stereocenters. The van der Waals surface area contributed by atoms with Crippen molar-refractivity contribution in [3.05, 3.63) is 64.8 Å². The summed E-state index contributed by atoms with van der Waals surface area (Å²) in [6.07, 6.45) is 0. The minimum absolute atomic E-state index is 0.353. The highest BCUT2D eigenvalue weighted by atomic mass is 35.5. The van der Waals surface area contributed by atoms with Gasteiger partial charge in [-0.1, -0.05) is 35.9 Å². The normalized spacial score (nSPS) is 17.3. The van der Waals surface area contributed by atoms with Crippen molar-refractivity contribution in [3.8, 4) is 5.75 Å². The Morgan fingerprint density at radius 1 is 1.00 bits per heavy atom. The van der Waals surface area contributed by atoms with Gasteiger partial charge in [0.05, 0.1) is 31.1 Å². The fourth-order valence-electron chi connectivity index (χ4n) is 3.61. The molecule has 2 aromatic carbocycles. The van der Waals surface area contributed by atoms with E-state index in [1.807, 2.05) is 17.9 Å². The van der Waals surface area contributed by atoms with Gasteiger partial charge in [0, 0.05) is 18.1 Å². The van der Waals surface area contributed by atoms with Gasteiger partial charge in [0.2, 0.25) is 0 Å². The van der Waals surface area contributed by atoms with E-state index in [1.54, 1.807) is 42.5 Å². The molecule has 0 spiro atoms. The molecule has 2 aliphatic rings. The van der Waals surface area contributed by atoms with Gasteiger partial charge in [0.1, 0.15) is 11.4 Å². The Morgan fingerprint density at radius 2 is 1.69 bits per heavy atom. The first-order valence-corrected chi connectivity index (χ1v) is 9.93. The SMILES string of the molecule is CCOc1ccccc1N1C(=O)C(c2ccc(Cl)cc2)=C(N2CCOCC2)C1=O. The molecule has 7 heteroatoms. The van der Waals surface area contributed by atoms with E-state index in [2.05, 4.69) is 0 Å². The first-order valence-electron chi connectivity index (χ1n) is 9.55. The van der Waals surface area contributed by atoms with E-state index in [4.69, 9.17) is 21.1 Å². The average Bonchev–Trinajstić information content (AvgIpc) is 3.00. The number of hydrogen-bond donors (Lipinski definition) is 0. The Labute approximate surface area is 174 Å². The maximum absolute atomic E-state index is 13.5. The van der Waals surface area contributed by atoms with Gasteiger partial charge in [-0.25, -0.2) is 4.90 Å². The largest absolute Gasteiger partial charge is 0.492 e. The molecule has 0 aliphatic carbocycles. The summed E-state index contributed by atoms with van der Waals surface area (Å²) >= 11 is 6.03. The lowest BCUT2D eigenvalue weighted by Crippen LogP contribution is -2.40. The fraction of sp³-hybridized carbons (Fsp3) is 0.273. The van der Waals surface area contributed by atoms with Gasteiger partial charge in [-0.15, -0.1) is 0 Å². The van der Waals surface area contributed by atoms with Gasteiger partial charge in [-0.05, 0) is 36.8 Å². The summed E-state index contributed by atoms with van der Waals surface area (Å²) in [6.45, 7) is 4.41. The maximum atomic E-state index is 13.5. The number of benzene rings is 2. The van der Waals surface area contributed by atoms with Crippen molar-refractivity contribution < 1.29 is 19.1 Å². The lowest BCUT2D eigenvalue weighted by molar-refractivity contribution is -0.121. The van der Waals surface area contributed by atoms with Crippen LogP contribution in [0.15, 0.2) is 54.2 Å². The highest BCUT2D eigenvalue weighted by molar-refractivity contribution is 6.45. The number of amides is 2. The smallest absolute Gasteiger partial charge is 0.282 e. The third kappa shape index (κ3) is 3.61. The van der Waals surface area contributed by atoms with Gasteiger partial charge in [0.25, 0.3) is 11.8 Å². The second-order valence-electron chi connectivity index (χ2n) is 6.68. The van der Waals surface area contributed by atoms with Crippen LogP contribution >= 0.6 is 11.6 Å². The Balaban J connectivity index is 1.83. The number of para-hydroxylation sites is 2. The third-order valence-electron chi connectivity index (χ3n) is 4.93. The number of hydrogen-bond acceptors (Lipinski definition) is 5. The number of nitrogens with zero attached hydrogens (tertiary/aromatic N) is 2. The zero-order valence-corrected chi connectivity index (χ0v) is 16.8. The van der Waals surface area contributed by atoms with E-state index < -0.39 is 0 Å². The zero-order valence-electron chi connectivity index (χ0n) is 16.1. The zero-order chi connectivity index (χ0) is 20.4. The quantitative estimate of drug-likeness (QED) is 0.705. The molecular formula is C22H21ClN2O4. The van der Waals surface area contributed by atoms with Gasteiger partial charge >= 0.3 is 0 Å². The maximum Gasteiger partial charge on any atom is 0.282 e. The molecule has 2 aliphatic heterocycles. The number of imide groups is 1. The second-order valence-corrected chi connectivity index (χ2v) is 7.11. The summed E-state index contributed by atoms with van der Waals surface area (Å²) in [6, 6.07) is 14.0. The predicted molar refractivity (Wildman–Crippen MR) is 111 cm³/mol.